The van der Waals surface area contributed by atoms with Crippen LogP contribution in [-0.4, -0.2) is 9.49 Å². The van der Waals surface area contributed by atoms with Crippen molar-refractivity contribution in [3.63, 3.8) is 0 Å². The van der Waals surface area contributed by atoms with Gasteiger partial charge in [-0.05, 0) is 76.0 Å². The fourth-order valence-corrected chi connectivity index (χ4v) is 7.46. The molecule has 0 spiro atoms. The number of fused-ring (bicyclic) bond motifs is 4. The van der Waals surface area contributed by atoms with Crippen LogP contribution in [0, 0.1) is 11.8 Å². The molecule has 0 radical (unpaired) electrons. The topological polar surface area (TPSA) is 0 Å². The fraction of sp³-hybridized carbons (Fsp3) is 1.00. The molecule has 0 aromatic rings. The summed E-state index contributed by atoms with van der Waals surface area (Å²) in [6, 6.07) is 0. The first-order chi connectivity index (χ1) is 7.28. The number of thioether (sulfide) groups is 1. The molecule has 0 aliphatic heterocycles. The monoisotopic (exact) mass is 222 g/mol. The van der Waals surface area contributed by atoms with E-state index < -0.39 is 0 Å². The predicted octanol–water partition coefficient (Wildman–Crippen LogP) is 4.39. The summed E-state index contributed by atoms with van der Waals surface area (Å²) in [7, 11) is 0. The number of hydrogen-bond donors (Lipinski definition) is 0. The molecule has 0 aromatic carbocycles. The van der Waals surface area contributed by atoms with Crippen molar-refractivity contribution in [2.45, 2.75) is 73.7 Å². The molecule has 4 aliphatic rings. The standard InChI is InChI=1S/C14H22S/c1-5-13(6-2-11(1)9-13)15-14-7-3-12(10-14)4-8-14/h11-12H,1-10H2. The molecule has 0 N–H and O–H groups in total. The van der Waals surface area contributed by atoms with Crippen LogP contribution in [-0.2, 0) is 0 Å². The van der Waals surface area contributed by atoms with Crippen LogP contribution in [0.1, 0.15) is 64.2 Å². The zero-order valence-corrected chi connectivity index (χ0v) is 10.5. The molecule has 0 unspecified atom stereocenters. The zero-order chi connectivity index (χ0) is 9.93. The minimum Gasteiger partial charge on any atom is -0.148 e. The molecule has 15 heavy (non-hydrogen) atoms. The highest BCUT2D eigenvalue weighted by molar-refractivity contribution is 8.02. The lowest BCUT2D eigenvalue weighted by Gasteiger charge is -2.37. The second kappa shape index (κ2) is 2.97. The Kier molecular flexibility index (Phi) is 1.86. The van der Waals surface area contributed by atoms with E-state index in [-0.39, 0.29) is 0 Å². The van der Waals surface area contributed by atoms with Gasteiger partial charge in [0.05, 0.1) is 0 Å². The summed E-state index contributed by atoms with van der Waals surface area (Å²) in [5.74, 6) is 2.26. The minimum atomic E-state index is 0.782. The number of hydrogen-bond acceptors (Lipinski definition) is 1. The van der Waals surface area contributed by atoms with Crippen LogP contribution in [0.3, 0.4) is 0 Å². The summed E-state index contributed by atoms with van der Waals surface area (Å²) in [5.41, 5.74) is 0. The van der Waals surface area contributed by atoms with Crippen molar-refractivity contribution in [1.29, 1.82) is 0 Å². The van der Waals surface area contributed by atoms with Crippen LogP contribution < -0.4 is 0 Å². The van der Waals surface area contributed by atoms with Gasteiger partial charge < -0.3 is 0 Å². The van der Waals surface area contributed by atoms with Crippen molar-refractivity contribution in [3.8, 4) is 0 Å². The van der Waals surface area contributed by atoms with Crippen LogP contribution >= 0.6 is 11.8 Å². The molecule has 0 amide bonds. The normalized spacial score (nSPS) is 56.8. The lowest BCUT2D eigenvalue weighted by molar-refractivity contribution is 0.483. The summed E-state index contributed by atoms with van der Waals surface area (Å²) in [6.45, 7) is 0. The second-order valence-electron chi connectivity index (χ2n) is 6.76. The first-order valence-electron chi connectivity index (χ1n) is 6.98. The van der Waals surface area contributed by atoms with E-state index >= 15 is 0 Å². The largest absolute Gasteiger partial charge is 0.148 e. The van der Waals surface area contributed by atoms with Crippen LogP contribution in [0.5, 0.6) is 0 Å². The van der Waals surface area contributed by atoms with Crippen LogP contribution in [0.15, 0.2) is 0 Å². The van der Waals surface area contributed by atoms with E-state index in [0.29, 0.717) is 0 Å². The molecule has 0 saturated heterocycles. The Morgan fingerprint density at radius 1 is 0.667 bits per heavy atom. The molecule has 1 heteroatoms. The molecular weight excluding hydrogens is 200 g/mol. The average Bonchev–Trinajstić information content (AvgIpc) is 2.95. The molecule has 4 bridgehead atoms. The maximum atomic E-state index is 2.49. The quantitative estimate of drug-likeness (QED) is 0.668. The lowest BCUT2D eigenvalue weighted by atomic mass is 9.99. The van der Waals surface area contributed by atoms with Crippen molar-refractivity contribution in [3.05, 3.63) is 0 Å². The Morgan fingerprint density at radius 3 is 1.33 bits per heavy atom. The van der Waals surface area contributed by atoms with Crippen molar-refractivity contribution in [1.82, 2.24) is 0 Å². The Hall–Kier alpha value is 0.350. The van der Waals surface area contributed by atoms with Gasteiger partial charge in [-0.2, -0.15) is 0 Å². The average molecular weight is 222 g/mol. The van der Waals surface area contributed by atoms with E-state index in [1.54, 1.807) is 64.2 Å². The van der Waals surface area contributed by atoms with Gasteiger partial charge in [0.2, 0.25) is 0 Å². The summed E-state index contributed by atoms with van der Waals surface area (Å²) in [6.07, 6.45) is 15.7. The van der Waals surface area contributed by atoms with Gasteiger partial charge in [0.15, 0.2) is 0 Å². The molecule has 4 rings (SSSR count). The van der Waals surface area contributed by atoms with E-state index in [0.717, 1.165) is 21.3 Å². The van der Waals surface area contributed by atoms with Gasteiger partial charge in [-0.3, -0.25) is 0 Å². The van der Waals surface area contributed by atoms with Crippen molar-refractivity contribution in [2.75, 3.05) is 0 Å². The number of rotatable bonds is 2. The summed E-state index contributed by atoms with van der Waals surface area (Å²) < 4.78 is 1.56. The van der Waals surface area contributed by atoms with Crippen LogP contribution in [0.2, 0.25) is 0 Å². The van der Waals surface area contributed by atoms with Crippen LogP contribution in [0.25, 0.3) is 0 Å². The van der Waals surface area contributed by atoms with Crippen molar-refractivity contribution < 1.29 is 0 Å². The van der Waals surface area contributed by atoms with Gasteiger partial charge in [-0.15, -0.1) is 11.8 Å². The molecule has 4 fully saturated rings. The third-order valence-electron chi connectivity index (χ3n) is 5.79. The second-order valence-corrected chi connectivity index (χ2v) is 8.70. The SMILES string of the molecule is C1CC2(SC34CCC(CC3)C4)CCC1C2. The van der Waals surface area contributed by atoms with Crippen molar-refractivity contribution >= 4 is 11.8 Å². The molecule has 0 aromatic heterocycles. The highest BCUT2D eigenvalue weighted by Crippen LogP contribution is 2.65. The smallest absolute Gasteiger partial charge is 0.0168 e. The zero-order valence-electron chi connectivity index (χ0n) is 9.63. The minimum absolute atomic E-state index is 0.782. The summed E-state index contributed by atoms with van der Waals surface area (Å²) >= 11 is 2.49. The summed E-state index contributed by atoms with van der Waals surface area (Å²) in [5, 5.41) is 0. The van der Waals surface area contributed by atoms with E-state index in [1.807, 2.05) is 0 Å². The van der Waals surface area contributed by atoms with Gasteiger partial charge >= 0.3 is 0 Å². The molecule has 4 saturated carbocycles. The summed E-state index contributed by atoms with van der Waals surface area (Å²) in [4.78, 5) is 0. The first kappa shape index (κ1) is 9.39. The molecule has 4 aliphatic carbocycles. The highest BCUT2D eigenvalue weighted by atomic mass is 32.2. The molecule has 84 valence electrons. The first-order valence-corrected chi connectivity index (χ1v) is 7.80. The van der Waals surface area contributed by atoms with Gasteiger partial charge in [0.25, 0.3) is 0 Å². The third-order valence-corrected chi connectivity index (χ3v) is 7.80. The Balaban J connectivity index is 1.55. The van der Waals surface area contributed by atoms with Gasteiger partial charge in [-0.25, -0.2) is 0 Å². The van der Waals surface area contributed by atoms with Gasteiger partial charge in [0.1, 0.15) is 0 Å². The lowest BCUT2D eigenvalue weighted by Crippen LogP contribution is -2.29. The van der Waals surface area contributed by atoms with Gasteiger partial charge in [-0.1, -0.05) is 0 Å². The molecular formula is C14H22S. The van der Waals surface area contributed by atoms with Gasteiger partial charge in [0, 0.05) is 9.49 Å². The van der Waals surface area contributed by atoms with E-state index in [9.17, 15) is 0 Å². The Labute approximate surface area is 97.6 Å². The molecule has 0 atom stereocenters. The van der Waals surface area contributed by atoms with Crippen LogP contribution in [0.4, 0.5) is 0 Å². The Morgan fingerprint density at radius 2 is 1.07 bits per heavy atom. The Bertz CT molecular complexity index is 239. The predicted molar refractivity (Wildman–Crippen MR) is 66.2 cm³/mol. The van der Waals surface area contributed by atoms with E-state index in [1.165, 1.54) is 0 Å². The maximum Gasteiger partial charge on any atom is 0.0168 e. The third kappa shape index (κ3) is 1.34. The fourth-order valence-electron chi connectivity index (χ4n) is 5.02. The molecule has 0 heterocycles. The van der Waals surface area contributed by atoms with Crippen molar-refractivity contribution in [2.24, 2.45) is 11.8 Å². The highest BCUT2D eigenvalue weighted by Gasteiger charge is 2.53. The van der Waals surface area contributed by atoms with E-state index in [2.05, 4.69) is 11.8 Å². The molecule has 0 nitrogen and oxygen atoms in total. The maximum absolute atomic E-state index is 2.49. The van der Waals surface area contributed by atoms with E-state index in [4.69, 9.17) is 0 Å².